The molecule has 19 heavy (non-hydrogen) atoms. The molecule has 0 aliphatic rings. The number of halogens is 1. The Labute approximate surface area is 119 Å². The van der Waals surface area contributed by atoms with Crippen molar-refractivity contribution in [2.24, 2.45) is 5.92 Å². The molecule has 0 saturated heterocycles. The third-order valence-electron chi connectivity index (χ3n) is 2.86. The minimum absolute atomic E-state index is 0.0407. The number of rotatable bonds is 6. The first kappa shape index (κ1) is 15.8. The van der Waals surface area contributed by atoms with E-state index in [1.807, 2.05) is 20.8 Å². The van der Waals surface area contributed by atoms with Crippen LogP contribution in [0.1, 0.15) is 31.1 Å². The van der Waals surface area contributed by atoms with Gasteiger partial charge in [-0.1, -0.05) is 25.4 Å². The number of benzene rings is 1. The number of carbonyl (C=O) groups excluding carboxylic acids is 1. The lowest BCUT2D eigenvalue weighted by molar-refractivity contribution is 0.0806. The van der Waals surface area contributed by atoms with E-state index < -0.39 is 0 Å². The van der Waals surface area contributed by atoms with E-state index in [0.29, 0.717) is 29.5 Å². The molecule has 1 aromatic rings. The first-order valence-corrected chi connectivity index (χ1v) is 6.77. The molecule has 0 bridgehead atoms. The van der Waals surface area contributed by atoms with Crippen molar-refractivity contribution in [1.29, 1.82) is 0 Å². The molecule has 4 nitrogen and oxygen atoms in total. The van der Waals surface area contributed by atoms with Crippen LogP contribution in [0.15, 0.2) is 18.2 Å². The van der Waals surface area contributed by atoms with Crippen LogP contribution in [0.4, 0.5) is 5.69 Å². The van der Waals surface area contributed by atoms with Gasteiger partial charge in [-0.25, -0.2) is 0 Å². The Balaban J connectivity index is 2.76. The quantitative estimate of drug-likeness (QED) is 0.790. The van der Waals surface area contributed by atoms with Gasteiger partial charge < -0.3 is 15.8 Å². The van der Waals surface area contributed by atoms with Crippen molar-refractivity contribution in [3.8, 4) is 0 Å². The van der Waals surface area contributed by atoms with Gasteiger partial charge >= 0.3 is 0 Å². The zero-order chi connectivity index (χ0) is 14.4. The second kappa shape index (κ2) is 7.36. The summed E-state index contributed by atoms with van der Waals surface area (Å²) in [5, 5.41) is 3.30. The zero-order valence-electron chi connectivity index (χ0n) is 11.6. The van der Waals surface area contributed by atoms with Crippen molar-refractivity contribution in [2.45, 2.75) is 26.8 Å². The summed E-state index contributed by atoms with van der Waals surface area (Å²) in [5.74, 6) is 0.0754. The highest BCUT2D eigenvalue weighted by Crippen LogP contribution is 2.19. The fraction of sp³-hybridized carbons (Fsp3) is 0.500. The van der Waals surface area contributed by atoms with Gasteiger partial charge in [0.25, 0.3) is 5.91 Å². The molecule has 0 heterocycles. The normalized spacial score (nSPS) is 12.5. The number of ether oxygens (including phenoxy) is 1. The highest BCUT2D eigenvalue weighted by Gasteiger charge is 2.18. The second-order valence-electron chi connectivity index (χ2n) is 4.72. The van der Waals surface area contributed by atoms with Gasteiger partial charge in [0.2, 0.25) is 0 Å². The van der Waals surface area contributed by atoms with Gasteiger partial charge in [-0.05, 0) is 31.0 Å². The third kappa shape index (κ3) is 4.73. The van der Waals surface area contributed by atoms with Crippen LogP contribution in [0.3, 0.4) is 0 Å². The van der Waals surface area contributed by atoms with Gasteiger partial charge in [0, 0.05) is 12.3 Å². The Morgan fingerprint density at radius 3 is 2.68 bits per heavy atom. The van der Waals surface area contributed by atoms with E-state index in [0.717, 1.165) is 0 Å². The minimum Gasteiger partial charge on any atom is -0.399 e. The van der Waals surface area contributed by atoms with Gasteiger partial charge in [0.15, 0.2) is 0 Å². The molecule has 106 valence electrons. The monoisotopic (exact) mass is 284 g/mol. The average molecular weight is 285 g/mol. The number of nitrogens with one attached hydrogen (secondary N) is 1. The van der Waals surface area contributed by atoms with Crippen LogP contribution in [0.2, 0.25) is 5.02 Å². The molecule has 0 aliphatic carbocycles. The molecule has 5 heteroatoms. The number of hydrogen-bond acceptors (Lipinski definition) is 3. The number of nitrogens with two attached hydrogens (primary N) is 1. The molecule has 1 rings (SSSR count). The molecule has 1 aromatic carbocycles. The van der Waals surface area contributed by atoms with E-state index in [1.165, 1.54) is 0 Å². The van der Waals surface area contributed by atoms with E-state index in [-0.39, 0.29) is 17.9 Å². The van der Waals surface area contributed by atoms with Gasteiger partial charge in [-0.2, -0.15) is 0 Å². The molecule has 0 radical (unpaired) electrons. The maximum atomic E-state index is 12.2. The van der Waals surface area contributed by atoms with Crippen LogP contribution in [0.5, 0.6) is 0 Å². The van der Waals surface area contributed by atoms with Crippen LogP contribution in [0, 0.1) is 5.92 Å². The summed E-state index contributed by atoms with van der Waals surface area (Å²) in [5.41, 5.74) is 6.57. The lowest BCUT2D eigenvalue weighted by Gasteiger charge is -2.22. The summed E-state index contributed by atoms with van der Waals surface area (Å²) in [6, 6.07) is 4.82. The summed E-state index contributed by atoms with van der Waals surface area (Å²) in [6.45, 7) is 7.12. The Hall–Kier alpha value is -1.26. The van der Waals surface area contributed by atoms with Crippen LogP contribution in [-0.4, -0.2) is 25.2 Å². The van der Waals surface area contributed by atoms with Crippen LogP contribution in [0.25, 0.3) is 0 Å². The fourth-order valence-corrected chi connectivity index (χ4v) is 1.88. The fourth-order valence-electron chi connectivity index (χ4n) is 1.61. The van der Waals surface area contributed by atoms with Gasteiger partial charge in [-0.3, -0.25) is 4.79 Å². The van der Waals surface area contributed by atoms with Crippen molar-refractivity contribution in [3.05, 3.63) is 28.8 Å². The first-order valence-electron chi connectivity index (χ1n) is 6.39. The smallest absolute Gasteiger partial charge is 0.253 e. The van der Waals surface area contributed by atoms with Crippen LogP contribution < -0.4 is 11.1 Å². The second-order valence-corrected chi connectivity index (χ2v) is 5.13. The third-order valence-corrected chi connectivity index (χ3v) is 3.17. The Morgan fingerprint density at radius 2 is 2.16 bits per heavy atom. The Bertz CT molecular complexity index is 435. The molecule has 3 N–H and O–H groups in total. The summed E-state index contributed by atoms with van der Waals surface area (Å²) >= 11 is 6.02. The number of nitrogen functional groups attached to an aromatic ring is 1. The van der Waals surface area contributed by atoms with Gasteiger partial charge in [0.05, 0.1) is 23.2 Å². The predicted molar refractivity (Wildman–Crippen MR) is 78.4 cm³/mol. The van der Waals surface area contributed by atoms with Crippen molar-refractivity contribution < 1.29 is 9.53 Å². The molecule has 0 saturated carbocycles. The molecule has 0 spiro atoms. The zero-order valence-corrected chi connectivity index (χ0v) is 12.3. The van der Waals surface area contributed by atoms with Crippen molar-refractivity contribution >= 4 is 23.2 Å². The number of anilines is 1. The molecular formula is C14H21ClN2O2. The van der Waals surface area contributed by atoms with Crippen LogP contribution >= 0.6 is 11.6 Å². The average Bonchev–Trinajstić information content (AvgIpc) is 2.33. The standard InChI is InChI=1S/C14H21ClN2O2/c1-4-19-8-13(9(2)3)17-14(18)11-6-5-10(16)7-12(11)15/h5-7,9,13H,4,8,16H2,1-3H3,(H,17,18). The molecular weight excluding hydrogens is 264 g/mol. The molecule has 1 amide bonds. The number of carbonyl (C=O) groups is 1. The highest BCUT2D eigenvalue weighted by molar-refractivity contribution is 6.34. The number of hydrogen-bond donors (Lipinski definition) is 2. The summed E-state index contributed by atoms with van der Waals surface area (Å²) < 4.78 is 5.38. The molecule has 0 aromatic heterocycles. The maximum Gasteiger partial charge on any atom is 0.253 e. The van der Waals surface area contributed by atoms with Gasteiger partial charge in [-0.15, -0.1) is 0 Å². The molecule has 1 atom stereocenters. The van der Waals surface area contributed by atoms with E-state index >= 15 is 0 Å². The molecule has 0 aliphatic heterocycles. The molecule has 1 unspecified atom stereocenters. The lowest BCUT2D eigenvalue weighted by atomic mass is 10.0. The largest absolute Gasteiger partial charge is 0.399 e. The summed E-state index contributed by atoms with van der Waals surface area (Å²) in [7, 11) is 0. The summed E-state index contributed by atoms with van der Waals surface area (Å²) in [4.78, 5) is 12.2. The Kier molecular flexibility index (Phi) is 6.12. The number of amides is 1. The van der Waals surface area contributed by atoms with Crippen molar-refractivity contribution in [2.75, 3.05) is 18.9 Å². The SMILES string of the molecule is CCOCC(NC(=O)c1ccc(N)cc1Cl)C(C)C. The van der Waals surface area contributed by atoms with Crippen molar-refractivity contribution in [3.63, 3.8) is 0 Å². The highest BCUT2D eigenvalue weighted by atomic mass is 35.5. The predicted octanol–water partition coefficient (Wildman–Crippen LogP) is 2.71. The van der Waals surface area contributed by atoms with Crippen LogP contribution in [-0.2, 0) is 4.74 Å². The first-order chi connectivity index (χ1) is 8.95. The maximum absolute atomic E-state index is 12.2. The Morgan fingerprint density at radius 1 is 1.47 bits per heavy atom. The minimum atomic E-state index is -0.205. The topological polar surface area (TPSA) is 64.3 Å². The van der Waals surface area contributed by atoms with E-state index in [9.17, 15) is 4.79 Å². The van der Waals surface area contributed by atoms with Gasteiger partial charge in [0.1, 0.15) is 0 Å². The molecule has 0 fully saturated rings. The van der Waals surface area contributed by atoms with E-state index in [4.69, 9.17) is 22.1 Å². The van der Waals surface area contributed by atoms with E-state index in [1.54, 1.807) is 18.2 Å². The lowest BCUT2D eigenvalue weighted by Crippen LogP contribution is -2.42. The van der Waals surface area contributed by atoms with E-state index in [2.05, 4.69) is 5.32 Å². The van der Waals surface area contributed by atoms with Crippen molar-refractivity contribution in [1.82, 2.24) is 5.32 Å². The summed E-state index contributed by atoms with van der Waals surface area (Å²) in [6.07, 6.45) is 0.